The van der Waals surface area contributed by atoms with Gasteiger partial charge in [-0.25, -0.2) is 0 Å². The predicted octanol–water partition coefficient (Wildman–Crippen LogP) is 2.78. The highest BCUT2D eigenvalue weighted by Crippen LogP contribution is 2.15. The molecule has 4 heteroatoms. The van der Waals surface area contributed by atoms with Crippen molar-refractivity contribution in [3.63, 3.8) is 0 Å². The Morgan fingerprint density at radius 2 is 2.31 bits per heavy atom. The van der Waals surface area contributed by atoms with Gasteiger partial charge in [0.15, 0.2) is 5.12 Å². The van der Waals surface area contributed by atoms with Gasteiger partial charge >= 0.3 is 0 Å². The molecule has 0 saturated carbocycles. The maximum absolute atomic E-state index is 10.6. The van der Waals surface area contributed by atoms with Crippen molar-refractivity contribution in [3.8, 4) is 11.8 Å². The molecular formula is C12H9ClO2S. The Morgan fingerprint density at radius 1 is 1.56 bits per heavy atom. The van der Waals surface area contributed by atoms with E-state index in [-0.39, 0.29) is 5.12 Å². The summed E-state index contributed by atoms with van der Waals surface area (Å²) >= 11 is 7.04. The molecule has 0 aliphatic carbocycles. The lowest BCUT2D eigenvalue weighted by Gasteiger charge is -1.96. The lowest BCUT2D eigenvalue weighted by Crippen LogP contribution is -1.85. The fourth-order valence-electron chi connectivity index (χ4n) is 0.981. The van der Waals surface area contributed by atoms with Gasteiger partial charge in [-0.3, -0.25) is 9.59 Å². The van der Waals surface area contributed by atoms with Gasteiger partial charge < -0.3 is 0 Å². The van der Waals surface area contributed by atoms with Crippen molar-refractivity contribution in [3.05, 3.63) is 34.3 Å². The number of benzene rings is 1. The van der Waals surface area contributed by atoms with Crippen LogP contribution < -0.4 is 0 Å². The molecule has 0 aliphatic heterocycles. The van der Waals surface area contributed by atoms with Crippen molar-refractivity contribution in [1.29, 1.82) is 0 Å². The summed E-state index contributed by atoms with van der Waals surface area (Å²) in [6, 6.07) is 4.89. The molecule has 1 aromatic carbocycles. The van der Waals surface area contributed by atoms with Crippen LogP contribution in [0.2, 0.25) is 5.02 Å². The Kier molecular flexibility index (Phi) is 5.10. The topological polar surface area (TPSA) is 34.1 Å². The largest absolute Gasteiger partial charge is 0.298 e. The predicted molar refractivity (Wildman–Crippen MR) is 66.9 cm³/mol. The van der Waals surface area contributed by atoms with Crippen molar-refractivity contribution in [2.24, 2.45) is 0 Å². The highest BCUT2D eigenvalue weighted by Gasteiger charge is 1.98. The minimum absolute atomic E-state index is 0.0297. The molecule has 0 radical (unpaired) electrons. The standard InChI is InChI=1S/C12H9ClO2S/c1-9(15)16-6-2-3-11-7-10(8-14)4-5-12(11)13/h4-5,7-8H,6H2,1H3. The Labute approximate surface area is 103 Å². The molecule has 0 atom stereocenters. The van der Waals surface area contributed by atoms with Crippen molar-refractivity contribution in [1.82, 2.24) is 0 Å². The zero-order valence-electron chi connectivity index (χ0n) is 8.62. The molecule has 0 saturated heterocycles. The van der Waals surface area contributed by atoms with Gasteiger partial charge in [-0.2, -0.15) is 0 Å². The molecule has 0 N–H and O–H groups in total. The Balaban J connectivity index is 2.79. The SMILES string of the molecule is CC(=O)SCC#Cc1cc(C=O)ccc1Cl. The second-order valence-electron chi connectivity index (χ2n) is 2.94. The van der Waals surface area contributed by atoms with E-state index in [0.29, 0.717) is 21.9 Å². The molecule has 1 rings (SSSR count). The van der Waals surface area contributed by atoms with Crippen LogP contribution in [0.1, 0.15) is 22.8 Å². The van der Waals surface area contributed by atoms with Gasteiger partial charge in [0.05, 0.1) is 10.8 Å². The first-order valence-corrected chi connectivity index (χ1v) is 5.87. The summed E-state index contributed by atoms with van der Waals surface area (Å²) in [5.41, 5.74) is 1.14. The average Bonchev–Trinajstić information content (AvgIpc) is 2.26. The molecule has 0 heterocycles. The third-order valence-corrected chi connectivity index (χ3v) is 2.72. The van der Waals surface area contributed by atoms with Gasteiger partial charge in [0, 0.05) is 18.1 Å². The van der Waals surface area contributed by atoms with Crippen molar-refractivity contribution in [2.45, 2.75) is 6.92 Å². The molecule has 0 bridgehead atoms. The first-order chi connectivity index (χ1) is 7.63. The van der Waals surface area contributed by atoms with Crippen molar-refractivity contribution in [2.75, 3.05) is 5.75 Å². The van der Waals surface area contributed by atoms with Crippen molar-refractivity contribution < 1.29 is 9.59 Å². The molecule has 0 aromatic heterocycles. The molecule has 0 aliphatic rings. The van der Waals surface area contributed by atoms with Crippen LogP contribution in [0.3, 0.4) is 0 Å². The number of aldehydes is 1. The molecule has 82 valence electrons. The van der Waals surface area contributed by atoms with Crippen LogP contribution in [0, 0.1) is 11.8 Å². The first-order valence-electron chi connectivity index (χ1n) is 4.50. The normalized spacial score (nSPS) is 9.12. The lowest BCUT2D eigenvalue weighted by molar-refractivity contribution is -0.109. The molecule has 1 aromatic rings. The van der Waals surface area contributed by atoms with E-state index in [0.717, 1.165) is 18.0 Å². The van der Waals surface area contributed by atoms with Crippen LogP contribution in [0.4, 0.5) is 0 Å². The Bertz CT molecular complexity index is 472. The second-order valence-corrected chi connectivity index (χ2v) is 4.50. The monoisotopic (exact) mass is 252 g/mol. The quantitative estimate of drug-likeness (QED) is 0.600. The number of carbonyl (C=O) groups is 2. The zero-order chi connectivity index (χ0) is 12.0. The lowest BCUT2D eigenvalue weighted by atomic mass is 10.1. The highest BCUT2D eigenvalue weighted by molar-refractivity contribution is 8.13. The minimum Gasteiger partial charge on any atom is -0.298 e. The van der Waals surface area contributed by atoms with Crippen LogP contribution in [0.25, 0.3) is 0 Å². The Hall–Kier alpha value is -1.24. The van der Waals surface area contributed by atoms with Gasteiger partial charge in [0.2, 0.25) is 0 Å². The van der Waals surface area contributed by atoms with Crippen LogP contribution in [0.5, 0.6) is 0 Å². The van der Waals surface area contributed by atoms with E-state index in [9.17, 15) is 9.59 Å². The van der Waals surface area contributed by atoms with Gasteiger partial charge in [-0.15, -0.1) is 0 Å². The number of rotatable bonds is 2. The molecule has 0 spiro atoms. The first kappa shape index (κ1) is 12.8. The maximum Gasteiger partial charge on any atom is 0.186 e. The highest BCUT2D eigenvalue weighted by atomic mass is 35.5. The fraction of sp³-hybridized carbons (Fsp3) is 0.167. The summed E-state index contributed by atoms with van der Waals surface area (Å²) in [7, 11) is 0. The van der Waals surface area contributed by atoms with E-state index in [4.69, 9.17) is 11.6 Å². The van der Waals surface area contributed by atoms with E-state index in [1.54, 1.807) is 18.2 Å². The number of carbonyl (C=O) groups excluding carboxylic acids is 2. The maximum atomic E-state index is 10.6. The van der Waals surface area contributed by atoms with Gasteiger partial charge in [0.1, 0.15) is 6.29 Å². The van der Waals surface area contributed by atoms with E-state index in [1.165, 1.54) is 6.92 Å². The number of thioether (sulfide) groups is 1. The number of halogens is 1. The van der Waals surface area contributed by atoms with Crippen LogP contribution in [-0.2, 0) is 4.79 Å². The minimum atomic E-state index is 0.0297. The average molecular weight is 253 g/mol. The van der Waals surface area contributed by atoms with Crippen LogP contribution in [-0.4, -0.2) is 17.2 Å². The van der Waals surface area contributed by atoms with E-state index >= 15 is 0 Å². The van der Waals surface area contributed by atoms with Gasteiger partial charge in [0.25, 0.3) is 0 Å². The summed E-state index contributed by atoms with van der Waals surface area (Å²) in [6.07, 6.45) is 0.742. The molecule has 0 unspecified atom stereocenters. The third-order valence-electron chi connectivity index (χ3n) is 1.70. The summed E-state index contributed by atoms with van der Waals surface area (Å²) in [6.45, 7) is 1.49. The summed E-state index contributed by atoms with van der Waals surface area (Å²) in [5.74, 6) is 6.07. The van der Waals surface area contributed by atoms with Gasteiger partial charge in [-0.1, -0.05) is 41.3 Å². The van der Waals surface area contributed by atoms with E-state index in [2.05, 4.69) is 11.8 Å². The second kappa shape index (κ2) is 6.37. The van der Waals surface area contributed by atoms with Gasteiger partial charge in [-0.05, 0) is 12.1 Å². The summed E-state index contributed by atoms with van der Waals surface area (Å²) < 4.78 is 0. The van der Waals surface area contributed by atoms with Crippen LogP contribution in [0.15, 0.2) is 18.2 Å². The fourth-order valence-corrected chi connectivity index (χ4v) is 1.49. The summed E-state index contributed by atoms with van der Waals surface area (Å²) in [5, 5.41) is 0.535. The molecule has 0 fully saturated rings. The molecule has 0 amide bonds. The smallest absolute Gasteiger partial charge is 0.186 e. The Morgan fingerprint density at radius 3 is 2.94 bits per heavy atom. The third kappa shape index (κ3) is 4.09. The van der Waals surface area contributed by atoms with E-state index in [1.807, 2.05) is 0 Å². The van der Waals surface area contributed by atoms with Crippen LogP contribution >= 0.6 is 23.4 Å². The molecule has 2 nitrogen and oxygen atoms in total. The number of hydrogen-bond acceptors (Lipinski definition) is 3. The van der Waals surface area contributed by atoms with E-state index < -0.39 is 0 Å². The zero-order valence-corrected chi connectivity index (χ0v) is 10.2. The van der Waals surface area contributed by atoms with Crippen molar-refractivity contribution >= 4 is 34.8 Å². The number of hydrogen-bond donors (Lipinski definition) is 0. The summed E-state index contributed by atoms with van der Waals surface area (Å²) in [4.78, 5) is 21.2. The molecular weight excluding hydrogens is 244 g/mol. The molecule has 16 heavy (non-hydrogen) atoms.